The summed E-state index contributed by atoms with van der Waals surface area (Å²) >= 11 is 0. The predicted octanol–water partition coefficient (Wildman–Crippen LogP) is 1.29. The molecule has 1 atom stereocenters. The number of hydrogen-bond acceptors (Lipinski definition) is 8. The third kappa shape index (κ3) is 5.93. The van der Waals surface area contributed by atoms with E-state index in [2.05, 4.69) is 10.9 Å². The molecule has 0 bridgehead atoms. The molecule has 1 fully saturated rings. The molecule has 0 aliphatic carbocycles. The lowest BCUT2D eigenvalue weighted by Crippen LogP contribution is -2.70. The van der Waals surface area contributed by atoms with Crippen molar-refractivity contribution in [3.8, 4) is 0 Å². The Morgan fingerprint density at radius 1 is 1.26 bits per heavy atom. The molecule has 1 aliphatic heterocycles. The van der Waals surface area contributed by atoms with Gasteiger partial charge in [0.25, 0.3) is 5.85 Å². The molecule has 9 heteroatoms. The van der Waals surface area contributed by atoms with Gasteiger partial charge in [0.05, 0.1) is 0 Å². The van der Waals surface area contributed by atoms with Gasteiger partial charge >= 0.3 is 18.0 Å². The normalized spacial score (nSPS) is 19.8. The summed E-state index contributed by atoms with van der Waals surface area (Å²) in [5.41, 5.74) is 5.38. The Kier molecular flexibility index (Phi) is 6.40. The number of rotatable bonds is 5. The van der Waals surface area contributed by atoms with Crippen LogP contribution in [-0.4, -0.2) is 48.0 Å². The molecule has 0 radical (unpaired) electrons. The highest BCUT2D eigenvalue weighted by atomic mass is 16.6. The molecule has 148 valence electrons. The second-order valence-corrected chi connectivity index (χ2v) is 7.10. The molecule has 1 aromatic rings. The van der Waals surface area contributed by atoms with E-state index in [4.69, 9.17) is 14.2 Å². The van der Waals surface area contributed by atoms with Crippen LogP contribution in [0.5, 0.6) is 0 Å². The predicted molar refractivity (Wildman–Crippen MR) is 94.8 cm³/mol. The number of benzene rings is 1. The molecule has 1 unspecified atom stereocenters. The zero-order chi connectivity index (χ0) is 20.1. The van der Waals surface area contributed by atoms with Crippen LogP contribution in [0.2, 0.25) is 0 Å². The fourth-order valence-electron chi connectivity index (χ4n) is 2.39. The molecule has 27 heavy (non-hydrogen) atoms. The maximum absolute atomic E-state index is 12.5. The fraction of sp³-hybridized carbons (Fsp3) is 0.500. The standard InChI is InChI=1S/C18H25N3O6/c1-17(2,3)26-14(22)10-18(20-19-11-15(23)27-18)21(4)16(24)25-12-13-8-6-5-7-9-13/h5-9,19-20H,10-12H2,1-4H3. The fourth-order valence-corrected chi connectivity index (χ4v) is 2.39. The summed E-state index contributed by atoms with van der Waals surface area (Å²) in [6.07, 6.45) is -1.19. The molecule has 0 aromatic heterocycles. The van der Waals surface area contributed by atoms with Gasteiger partial charge in [-0.1, -0.05) is 30.3 Å². The number of carbonyl (C=O) groups excluding carboxylic acids is 3. The van der Waals surface area contributed by atoms with Crippen LogP contribution < -0.4 is 10.9 Å². The van der Waals surface area contributed by atoms with Crippen LogP contribution in [0.15, 0.2) is 30.3 Å². The van der Waals surface area contributed by atoms with Crippen LogP contribution in [-0.2, 0) is 30.4 Å². The van der Waals surface area contributed by atoms with E-state index in [1.54, 1.807) is 20.8 Å². The van der Waals surface area contributed by atoms with E-state index >= 15 is 0 Å². The number of hydrogen-bond donors (Lipinski definition) is 2. The largest absolute Gasteiger partial charge is 0.460 e. The van der Waals surface area contributed by atoms with Crippen molar-refractivity contribution in [2.24, 2.45) is 0 Å². The van der Waals surface area contributed by atoms with Gasteiger partial charge in [0.1, 0.15) is 25.2 Å². The van der Waals surface area contributed by atoms with Crippen molar-refractivity contribution in [2.45, 2.75) is 45.2 Å². The number of esters is 2. The van der Waals surface area contributed by atoms with Crippen molar-refractivity contribution in [1.29, 1.82) is 0 Å². The molecular formula is C18H25N3O6. The van der Waals surface area contributed by atoms with E-state index in [1.807, 2.05) is 30.3 Å². The molecule has 1 heterocycles. The van der Waals surface area contributed by atoms with Crippen molar-refractivity contribution in [3.05, 3.63) is 35.9 Å². The molecule has 0 saturated carbocycles. The van der Waals surface area contributed by atoms with Crippen LogP contribution in [0.25, 0.3) is 0 Å². The Morgan fingerprint density at radius 2 is 1.93 bits per heavy atom. The summed E-state index contributed by atoms with van der Waals surface area (Å²) in [6.45, 7) is 5.08. The quantitative estimate of drug-likeness (QED) is 0.582. The molecule has 0 spiro atoms. The number of cyclic esters (lactones) is 1. The van der Waals surface area contributed by atoms with Crippen molar-refractivity contribution in [1.82, 2.24) is 15.8 Å². The van der Waals surface area contributed by atoms with E-state index in [-0.39, 0.29) is 13.2 Å². The summed E-state index contributed by atoms with van der Waals surface area (Å²) in [5, 5.41) is 0. The average molecular weight is 379 g/mol. The first-order valence-electron chi connectivity index (χ1n) is 8.49. The number of amides is 1. The third-order valence-electron chi connectivity index (χ3n) is 3.62. The first-order chi connectivity index (χ1) is 12.6. The molecule has 9 nitrogen and oxygen atoms in total. The Bertz CT molecular complexity index is 688. The molecular weight excluding hydrogens is 354 g/mol. The number of nitrogens with one attached hydrogen (secondary N) is 2. The van der Waals surface area contributed by atoms with Gasteiger partial charge in [-0.3, -0.25) is 14.5 Å². The Morgan fingerprint density at radius 3 is 2.52 bits per heavy atom. The van der Waals surface area contributed by atoms with Crippen molar-refractivity contribution in [2.75, 3.05) is 13.6 Å². The minimum Gasteiger partial charge on any atom is -0.460 e. The minimum absolute atomic E-state index is 0.0356. The van der Waals surface area contributed by atoms with Gasteiger partial charge in [0.2, 0.25) is 0 Å². The summed E-state index contributed by atoms with van der Waals surface area (Å²) in [5.74, 6) is -3.03. The highest BCUT2D eigenvalue weighted by molar-refractivity contribution is 5.77. The second kappa shape index (κ2) is 8.36. The number of hydrazine groups is 1. The van der Waals surface area contributed by atoms with Gasteiger partial charge in [-0.25, -0.2) is 10.2 Å². The maximum Gasteiger partial charge on any atom is 0.414 e. The Labute approximate surface area is 157 Å². The number of carbonyl (C=O) groups is 3. The van der Waals surface area contributed by atoms with Gasteiger partial charge in [-0.2, -0.15) is 5.43 Å². The Hall–Kier alpha value is -2.65. The number of nitrogens with zero attached hydrogens (tertiary/aromatic N) is 1. The molecule has 1 aliphatic rings. The van der Waals surface area contributed by atoms with Crippen LogP contribution in [0.1, 0.15) is 32.8 Å². The van der Waals surface area contributed by atoms with E-state index in [9.17, 15) is 14.4 Å². The van der Waals surface area contributed by atoms with Crippen LogP contribution in [0.4, 0.5) is 4.79 Å². The van der Waals surface area contributed by atoms with Crippen LogP contribution in [0.3, 0.4) is 0 Å². The first kappa shape index (κ1) is 20.7. The van der Waals surface area contributed by atoms with Crippen LogP contribution in [0, 0.1) is 0 Å². The van der Waals surface area contributed by atoms with E-state index in [1.165, 1.54) is 7.05 Å². The van der Waals surface area contributed by atoms with Crippen molar-refractivity contribution >= 4 is 18.0 Å². The minimum atomic E-state index is -1.76. The van der Waals surface area contributed by atoms with Gasteiger partial charge in [0.15, 0.2) is 0 Å². The lowest BCUT2D eigenvalue weighted by molar-refractivity contribution is -0.208. The molecule has 2 rings (SSSR count). The van der Waals surface area contributed by atoms with Gasteiger partial charge < -0.3 is 14.2 Å². The summed E-state index contributed by atoms with van der Waals surface area (Å²) in [6, 6.07) is 9.12. The van der Waals surface area contributed by atoms with Gasteiger partial charge in [0, 0.05) is 7.05 Å². The zero-order valence-electron chi connectivity index (χ0n) is 15.9. The summed E-state index contributed by atoms with van der Waals surface area (Å²) < 4.78 is 15.9. The average Bonchev–Trinajstić information content (AvgIpc) is 2.58. The second-order valence-electron chi connectivity index (χ2n) is 7.10. The highest BCUT2D eigenvalue weighted by Gasteiger charge is 2.47. The van der Waals surface area contributed by atoms with Crippen LogP contribution >= 0.6 is 0 Å². The van der Waals surface area contributed by atoms with Gasteiger partial charge in [-0.05, 0) is 26.3 Å². The zero-order valence-corrected chi connectivity index (χ0v) is 15.9. The smallest absolute Gasteiger partial charge is 0.414 e. The lowest BCUT2D eigenvalue weighted by atomic mass is 10.2. The SMILES string of the molecule is CN(C(=O)OCc1ccccc1)C1(CC(=O)OC(C)(C)C)NNCC(=O)O1. The Balaban J connectivity index is 2.10. The lowest BCUT2D eigenvalue weighted by Gasteiger charge is -2.42. The van der Waals surface area contributed by atoms with E-state index in [0.29, 0.717) is 0 Å². The highest BCUT2D eigenvalue weighted by Crippen LogP contribution is 2.23. The van der Waals surface area contributed by atoms with Crippen molar-refractivity contribution < 1.29 is 28.6 Å². The molecule has 1 aromatic carbocycles. The summed E-state index contributed by atoms with van der Waals surface area (Å²) in [7, 11) is 1.37. The molecule has 2 N–H and O–H groups in total. The van der Waals surface area contributed by atoms with E-state index < -0.39 is 35.9 Å². The topological polar surface area (TPSA) is 106 Å². The number of ether oxygens (including phenoxy) is 3. The van der Waals surface area contributed by atoms with E-state index in [0.717, 1.165) is 10.5 Å². The van der Waals surface area contributed by atoms with Crippen molar-refractivity contribution in [3.63, 3.8) is 0 Å². The molecule has 1 saturated heterocycles. The molecule has 1 amide bonds. The third-order valence-corrected chi connectivity index (χ3v) is 3.62. The first-order valence-corrected chi connectivity index (χ1v) is 8.49. The van der Waals surface area contributed by atoms with Gasteiger partial charge in [-0.15, -0.1) is 0 Å². The monoisotopic (exact) mass is 379 g/mol. The maximum atomic E-state index is 12.5. The summed E-state index contributed by atoms with van der Waals surface area (Å²) in [4.78, 5) is 37.6.